The van der Waals surface area contributed by atoms with Crippen LogP contribution < -0.4 is 11.1 Å². The second-order valence-electron chi connectivity index (χ2n) is 3.86. The van der Waals surface area contributed by atoms with Crippen LogP contribution in [0.25, 0.3) is 0 Å². The van der Waals surface area contributed by atoms with E-state index in [-0.39, 0.29) is 12.3 Å². The molecule has 1 aromatic carbocycles. The number of carbonyl (C=O) groups excluding carboxylic acids is 2. The number of rotatable bonds is 4. The van der Waals surface area contributed by atoms with E-state index in [0.717, 1.165) is 11.1 Å². The van der Waals surface area contributed by atoms with Crippen molar-refractivity contribution in [2.75, 3.05) is 11.9 Å². The molecule has 86 valence electrons. The third-order valence-electron chi connectivity index (χ3n) is 2.47. The van der Waals surface area contributed by atoms with Crippen molar-refractivity contribution < 1.29 is 9.59 Å². The molecular weight excluding hydrogens is 204 g/mol. The SMILES string of the molecule is CC(=O)c1cc(C)c(C)cc1NCC(N)=O. The Morgan fingerprint density at radius 2 is 1.81 bits per heavy atom. The van der Waals surface area contributed by atoms with Gasteiger partial charge in [-0.05, 0) is 44.0 Å². The summed E-state index contributed by atoms with van der Waals surface area (Å²) >= 11 is 0. The monoisotopic (exact) mass is 220 g/mol. The van der Waals surface area contributed by atoms with Gasteiger partial charge in [0.25, 0.3) is 0 Å². The number of nitrogens with two attached hydrogens (primary N) is 1. The molecule has 0 unspecified atom stereocenters. The summed E-state index contributed by atoms with van der Waals surface area (Å²) in [5.74, 6) is -0.484. The molecular formula is C12H16N2O2. The van der Waals surface area contributed by atoms with Crippen molar-refractivity contribution in [1.29, 1.82) is 0 Å². The summed E-state index contributed by atoms with van der Waals surface area (Å²) in [6.07, 6.45) is 0. The zero-order chi connectivity index (χ0) is 12.3. The van der Waals surface area contributed by atoms with E-state index in [0.29, 0.717) is 11.3 Å². The number of Topliss-reactive ketones (excluding diaryl/α,β-unsaturated/α-hetero) is 1. The molecule has 0 atom stereocenters. The maximum atomic E-state index is 11.4. The van der Waals surface area contributed by atoms with Gasteiger partial charge in [0, 0.05) is 11.3 Å². The van der Waals surface area contributed by atoms with Crippen LogP contribution in [-0.4, -0.2) is 18.2 Å². The number of anilines is 1. The van der Waals surface area contributed by atoms with E-state index in [2.05, 4.69) is 5.32 Å². The number of hydrogen-bond acceptors (Lipinski definition) is 3. The van der Waals surface area contributed by atoms with Crippen LogP contribution in [0.4, 0.5) is 5.69 Å². The van der Waals surface area contributed by atoms with Gasteiger partial charge in [-0.3, -0.25) is 9.59 Å². The van der Waals surface area contributed by atoms with Crippen molar-refractivity contribution >= 4 is 17.4 Å². The fourth-order valence-corrected chi connectivity index (χ4v) is 1.44. The molecule has 0 saturated carbocycles. The quantitative estimate of drug-likeness (QED) is 0.753. The Morgan fingerprint density at radius 1 is 1.25 bits per heavy atom. The van der Waals surface area contributed by atoms with Gasteiger partial charge >= 0.3 is 0 Å². The molecule has 1 aromatic rings. The van der Waals surface area contributed by atoms with Gasteiger partial charge in [0.2, 0.25) is 5.91 Å². The molecule has 1 rings (SSSR count). The number of carbonyl (C=O) groups is 2. The summed E-state index contributed by atoms with van der Waals surface area (Å²) in [6, 6.07) is 3.68. The summed E-state index contributed by atoms with van der Waals surface area (Å²) in [4.78, 5) is 22.1. The molecule has 0 heterocycles. The van der Waals surface area contributed by atoms with Crippen LogP contribution in [0.3, 0.4) is 0 Å². The van der Waals surface area contributed by atoms with Crippen molar-refractivity contribution in [1.82, 2.24) is 0 Å². The lowest BCUT2D eigenvalue weighted by Gasteiger charge is -2.11. The fourth-order valence-electron chi connectivity index (χ4n) is 1.44. The third kappa shape index (κ3) is 2.82. The minimum Gasteiger partial charge on any atom is -0.376 e. The first-order chi connectivity index (χ1) is 7.41. The Hall–Kier alpha value is -1.84. The largest absolute Gasteiger partial charge is 0.376 e. The zero-order valence-electron chi connectivity index (χ0n) is 9.76. The molecule has 3 N–H and O–H groups in total. The molecule has 0 aliphatic rings. The molecule has 0 bridgehead atoms. The van der Waals surface area contributed by atoms with Crippen molar-refractivity contribution in [2.24, 2.45) is 5.73 Å². The summed E-state index contributed by atoms with van der Waals surface area (Å²) in [7, 11) is 0. The topological polar surface area (TPSA) is 72.2 Å². The highest BCUT2D eigenvalue weighted by Crippen LogP contribution is 2.21. The smallest absolute Gasteiger partial charge is 0.236 e. The van der Waals surface area contributed by atoms with Gasteiger partial charge in [0.15, 0.2) is 5.78 Å². The summed E-state index contributed by atoms with van der Waals surface area (Å²) in [5, 5.41) is 2.87. The lowest BCUT2D eigenvalue weighted by molar-refractivity contribution is -0.116. The Balaban J connectivity index is 3.09. The fraction of sp³-hybridized carbons (Fsp3) is 0.333. The molecule has 0 aromatic heterocycles. The standard InChI is InChI=1S/C12H16N2O2/c1-7-4-10(9(3)15)11(5-8(7)2)14-6-12(13)16/h4-5,14H,6H2,1-3H3,(H2,13,16). The second kappa shape index (κ2) is 4.79. The van der Waals surface area contributed by atoms with Crippen LogP contribution in [0.1, 0.15) is 28.4 Å². The maximum absolute atomic E-state index is 11.4. The van der Waals surface area contributed by atoms with Gasteiger partial charge in [-0.15, -0.1) is 0 Å². The summed E-state index contributed by atoms with van der Waals surface area (Å²) in [6.45, 7) is 5.43. The molecule has 0 saturated heterocycles. The van der Waals surface area contributed by atoms with Gasteiger partial charge in [-0.1, -0.05) is 0 Å². The van der Waals surface area contributed by atoms with Crippen LogP contribution in [0.5, 0.6) is 0 Å². The van der Waals surface area contributed by atoms with Crippen molar-refractivity contribution in [2.45, 2.75) is 20.8 Å². The predicted molar refractivity (Wildman–Crippen MR) is 63.6 cm³/mol. The van der Waals surface area contributed by atoms with Crippen molar-refractivity contribution in [3.63, 3.8) is 0 Å². The van der Waals surface area contributed by atoms with Gasteiger partial charge in [0.05, 0.1) is 6.54 Å². The molecule has 1 amide bonds. The Bertz CT molecular complexity index is 439. The predicted octanol–water partition coefficient (Wildman–Crippen LogP) is 1.40. The highest BCUT2D eigenvalue weighted by molar-refractivity contribution is 6.00. The van der Waals surface area contributed by atoms with E-state index < -0.39 is 5.91 Å². The van der Waals surface area contributed by atoms with Crippen molar-refractivity contribution in [3.05, 3.63) is 28.8 Å². The van der Waals surface area contributed by atoms with Crippen molar-refractivity contribution in [3.8, 4) is 0 Å². The number of benzene rings is 1. The van der Waals surface area contributed by atoms with E-state index in [1.807, 2.05) is 26.0 Å². The van der Waals surface area contributed by atoms with Crippen LogP contribution in [0.2, 0.25) is 0 Å². The van der Waals surface area contributed by atoms with Crippen LogP contribution in [0, 0.1) is 13.8 Å². The van der Waals surface area contributed by atoms with E-state index in [1.54, 1.807) is 0 Å². The lowest BCUT2D eigenvalue weighted by atomic mass is 10.0. The van der Waals surface area contributed by atoms with Crippen LogP contribution in [0.15, 0.2) is 12.1 Å². The van der Waals surface area contributed by atoms with E-state index in [4.69, 9.17) is 5.73 Å². The van der Waals surface area contributed by atoms with Gasteiger partial charge in [-0.2, -0.15) is 0 Å². The molecule has 4 nitrogen and oxygen atoms in total. The molecule has 0 aliphatic carbocycles. The van der Waals surface area contributed by atoms with Gasteiger partial charge in [0.1, 0.15) is 0 Å². The summed E-state index contributed by atoms with van der Waals surface area (Å²) in [5.41, 5.74) is 8.41. The second-order valence-corrected chi connectivity index (χ2v) is 3.86. The third-order valence-corrected chi connectivity index (χ3v) is 2.47. The molecule has 0 spiro atoms. The highest BCUT2D eigenvalue weighted by atomic mass is 16.1. The zero-order valence-corrected chi connectivity index (χ0v) is 9.76. The number of nitrogens with one attached hydrogen (secondary N) is 1. The van der Waals surface area contributed by atoms with Crippen LogP contribution >= 0.6 is 0 Å². The van der Waals surface area contributed by atoms with E-state index in [9.17, 15) is 9.59 Å². The Kier molecular flexibility index (Phi) is 3.66. The number of hydrogen-bond donors (Lipinski definition) is 2. The molecule has 4 heteroatoms. The van der Waals surface area contributed by atoms with E-state index in [1.165, 1.54) is 6.92 Å². The number of amides is 1. The highest BCUT2D eigenvalue weighted by Gasteiger charge is 2.09. The molecule has 0 radical (unpaired) electrons. The number of aryl methyl sites for hydroxylation is 2. The number of primary amides is 1. The summed E-state index contributed by atoms with van der Waals surface area (Å²) < 4.78 is 0. The first kappa shape index (κ1) is 12.2. The average Bonchev–Trinajstić information content (AvgIpc) is 2.18. The Morgan fingerprint density at radius 3 is 2.31 bits per heavy atom. The Labute approximate surface area is 94.8 Å². The maximum Gasteiger partial charge on any atom is 0.236 e. The van der Waals surface area contributed by atoms with E-state index >= 15 is 0 Å². The average molecular weight is 220 g/mol. The molecule has 0 fully saturated rings. The van der Waals surface area contributed by atoms with Gasteiger partial charge < -0.3 is 11.1 Å². The number of ketones is 1. The molecule has 0 aliphatic heterocycles. The first-order valence-electron chi connectivity index (χ1n) is 5.06. The minimum absolute atomic E-state index is 0.0305. The van der Waals surface area contributed by atoms with Crippen LogP contribution in [-0.2, 0) is 4.79 Å². The first-order valence-corrected chi connectivity index (χ1v) is 5.06. The lowest BCUT2D eigenvalue weighted by Crippen LogP contribution is -2.22. The minimum atomic E-state index is -0.451. The normalized spacial score (nSPS) is 9.94. The van der Waals surface area contributed by atoms with Gasteiger partial charge in [-0.25, -0.2) is 0 Å². The molecule has 16 heavy (non-hydrogen) atoms.